The molecule has 100 valence electrons. The Balaban J connectivity index is 2.22. The molecule has 3 heteroatoms. The average molecular weight is 276 g/mol. The summed E-state index contributed by atoms with van der Waals surface area (Å²) >= 11 is 1.62. The predicted octanol–water partition coefficient (Wildman–Crippen LogP) is 4.48. The number of hydrogen-bond donors (Lipinski definition) is 1. The zero-order valence-corrected chi connectivity index (χ0v) is 11.9. The van der Waals surface area contributed by atoms with Crippen molar-refractivity contribution in [2.24, 2.45) is 0 Å². The molecule has 2 aromatic carbocycles. The molecule has 1 atom stereocenters. The van der Waals surface area contributed by atoms with Crippen LogP contribution in [-0.4, -0.2) is 5.11 Å². The molecule has 2 aromatic rings. The SMILES string of the molecule is Cc1cc(SCc2ccccc2)c([C@H](C)O)cc1F. The van der Waals surface area contributed by atoms with E-state index < -0.39 is 6.10 Å². The highest BCUT2D eigenvalue weighted by atomic mass is 32.2. The van der Waals surface area contributed by atoms with Gasteiger partial charge in [-0.3, -0.25) is 0 Å². The molecule has 0 unspecified atom stereocenters. The summed E-state index contributed by atoms with van der Waals surface area (Å²) in [6, 6.07) is 13.4. The number of aryl methyl sites for hydroxylation is 1. The lowest BCUT2D eigenvalue weighted by molar-refractivity contribution is 0.196. The van der Waals surface area contributed by atoms with Gasteiger partial charge in [0.15, 0.2) is 0 Å². The van der Waals surface area contributed by atoms with Gasteiger partial charge in [-0.25, -0.2) is 4.39 Å². The predicted molar refractivity (Wildman–Crippen MR) is 77.8 cm³/mol. The summed E-state index contributed by atoms with van der Waals surface area (Å²) in [7, 11) is 0. The third-order valence-electron chi connectivity index (χ3n) is 2.98. The van der Waals surface area contributed by atoms with E-state index in [1.807, 2.05) is 24.3 Å². The highest BCUT2D eigenvalue weighted by Crippen LogP contribution is 2.32. The van der Waals surface area contributed by atoms with Gasteiger partial charge in [0.05, 0.1) is 6.10 Å². The van der Waals surface area contributed by atoms with Crippen LogP contribution < -0.4 is 0 Å². The van der Waals surface area contributed by atoms with Gasteiger partial charge in [-0.15, -0.1) is 11.8 Å². The Bertz CT molecular complexity index is 552. The number of thioether (sulfide) groups is 1. The van der Waals surface area contributed by atoms with E-state index in [4.69, 9.17) is 0 Å². The fraction of sp³-hybridized carbons (Fsp3) is 0.250. The molecule has 0 aliphatic carbocycles. The maximum atomic E-state index is 13.6. The summed E-state index contributed by atoms with van der Waals surface area (Å²) in [5.74, 6) is 0.547. The van der Waals surface area contributed by atoms with E-state index in [1.165, 1.54) is 11.6 Å². The lowest BCUT2D eigenvalue weighted by atomic mass is 10.1. The molecule has 0 spiro atoms. The fourth-order valence-electron chi connectivity index (χ4n) is 1.86. The molecule has 0 fully saturated rings. The monoisotopic (exact) mass is 276 g/mol. The summed E-state index contributed by atoms with van der Waals surface area (Å²) in [6.45, 7) is 3.41. The number of aliphatic hydroxyl groups is 1. The van der Waals surface area contributed by atoms with Crippen LogP contribution in [0.3, 0.4) is 0 Å². The molecule has 0 radical (unpaired) electrons. The van der Waals surface area contributed by atoms with Crippen molar-refractivity contribution < 1.29 is 9.50 Å². The van der Waals surface area contributed by atoms with Crippen LogP contribution in [0.1, 0.15) is 29.7 Å². The van der Waals surface area contributed by atoms with Crippen LogP contribution in [0, 0.1) is 12.7 Å². The molecule has 0 saturated carbocycles. The van der Waals surface area contributed by atoms with Crippen LogP contribution in [0.15, 0.2) is 47.4 Å². The second-order valence-electron chi connectivity index (χ2n) is 4.59. The Hall–Kier alpha value is -1.32. The highest BCUT2D eigenvalue weighted by Gasteiger charge is 2.12. The van der Waals surface area contributed by atoms with Crippen molar-refractivity contribution >= 4 is 11.8 Å². The van der Waals surface area contributed by atoms with E-state index in [2.05, 4.69) is 12.1 Å². The number of rotatable bonds is 4. The van der Waals surface area contributed by atoms with Crippen LogP contribution in [-0.2, 0) is 5.75 Å². The number of halogens is 1. The van der Waals surface area contributed by atoms with E-state index in [0.717, 1.165) is 10.6 Å². The first-order chi connectivity index (χ1) is 9.08. The van der Waals surface area contributed by atoms with Crippen LogP contribution >= 0.6 is 11.8 Å². The number of hydrogen-bond acceptors (Lipinski definition) is 2. The zero-order chi connectivity index (χ0) is 13.8. The molecule has 0 aliphatic heterocycles. The summed E-state index contributed by atoms with van der Waals surface area (Å²) < 4.78 is 13.6. The van der Waals surface area contributed by atoms with Gasteiger partial charge in [-0.05, 0) is 42.7 Å². The van der Waals surface area contributed by atoms with E-state index >= 15 is 0 Å². The van der Waals surface area contributed by atoms with E-state index in [9.17, 15) is 9.50 Å². The fourth-order valence-corrected chi connectivity index (χ4v) is 3.03. The van der Waals surface area contributed by atoms with Crippen molar-refractivity contribution in [3.05, 3.63) is 65.0 Å². The Morgan fingerprint density at radius 1 is 1.21 bits per heavy atom. The van der Waals surface area contributed by atoms with Gasteiger partial charge in [-0.1, -0.05) is 30.3 Å². The molecule has 0 bridgehead atoms. The second kappa shape index (κ2) is 6.22. The van der Waals surface area contributed by atoms with Gasteiger partial charge in [0.1, 0.15) is 5.82 Å². The first kappa shape index (κ1) is 14.1. The van der Waals surface area contributed by atoms with Crippen molar-refractivity contribution in [1.82, 2.24) is 0 Å². The van der Waals surface area contributed by atoms with Gasteiger partial charge in [0.25, 0.3) is 0 Å². The van der Waals surface area contributed by atoms with Crippen LogP contribution in [0.2, 0.25) is 0 Å². The van der Waals surface area contributed by atoms with E-state index in [0.29, 0.717) is 11.1 Å². The highest BCUT2D eigenvalue weighted by molar-refractivity contribution is 7.98. The van der Waals surface area contributed by atoms with Crippen LogP contribution in [0.4, 0.5) is 4.39 Å². The first-order valence-electron chi connectivity index (χ1n) is 6.22. The smallest absolute Gasteiger partial charge is 0.126 e. The standard InChI is InChI=1S/C16H17FOS/c1-11-8-16(14(12(2)18)9-15(11)17)19-10-13-6-4-3-5-7-13/h3-9,12,18H,10H2,1-2H3/t12-/m0/s1. The normalized spacial score (nSPS) is 12.4. The van der Waals surface area contributed by atoms with Crippen molar-refractivity contribution in [1.29, 1.82) is 0 Å². The summed E-state index contributed by atoms with van der Waals surface area (Å²) in [5.41, 5.74) is 2.48. The Morgan fingerprint density at radius 3 is 2.53 bits per heavy atom. The van der Waals surface area contributed by atoms with Crippen molar-refractivity contribution in [3.8, 4) is 0 Å². The summed E-state index contributed by atoms with van der Waals surface area (Å²) in [6.07, 6.45) is -0.659. The molecule has 0 aromatic heterocycles. The lowest BCUT2D eigenvalue weighted by Crippen LogP contribution is -1.97. The molecule has 1 nitrogen and oxygen atoms in total. The lowest BCUT2D eigenvalue weighted by Gasteiger charge is -2.13. The Morgan fingerprint density at radius 2 is 1.89 bits per heavy atom. The zero-order valence-electron chi connectivity index (χ0n) is 11.1. The number of aliphatic hydroxyl groups excluding tert-OH is 1. The molecule has 0 saturated heterocycles. The summed E-state index contributed by atoms with van der Waals surface area (Å²) in [5, 5.41) is 9.74. The largest absolute Gasteiger partial charge is 0.389 e. The molecule has 0 aliphatic rings. The van der Waals surface area contributed by atoms with Crippen molar-refractivity contribution in [2.75, 3.05) is 0 Å². The quantitative estimate of drug-likeness (QED) is 0.831. The molecule has 0 amide bonds. The molecule has 1 N–H and O–H groups in total. The van der Waals surface area contributed by atoms with Gasteiger partial charge in [-0.2, -0.15) is 0 Å². The van der Waals surface area contributed by atoms with Gasteiger partial charge < -0.3 is 5.11 Å². The minimum atomic E-state index is -0.659. The molecule has 2 rings (SSSR count). The molecular formula is C16H17FOS. The third kappa shape index (κ3) is 3.58. The molecule has 19 heavy (non-hydrogen) atoms. The minimum Gasteiger partial charge on any atom is -0.389 e. The topological polar surface area (TPSA) is 20.2 Å². The maximum Gasteiger partial charge on any atom is 0.126 e. The second-order valence-corrected chi connectivity index (χ2v) is 5.61. The summed E-state index contributed by atoms with van der Waals surface area (Å²) in [4.78, 5) is 0.942. The van der Waals surface area contributed by atoms with Crippen LogP contribution in [0.5, 0.6) is 0 Å². The van der Waals surface area contributed by atoms with Gasteiger partial charge in [0.2, 0.25) is 0 Å². The average Bonchev–Trinajstić information content (AvgIpc) is 2.40. The minimum absolute atomic E-state index is 0.264. The van der Waals surface area contributed by atoms with E-state index in [-0.39, 0.29) is 5.82 Å². The van der Waals surface area contributed by atoms with Gasteiger partial charge in [0, 0.05) is 10.6 Å². The number of benzene rings is 2. The van der Waals surface area contributed by atoms with Crippen molar-refractivity contribution in [3.63, 3.8) is 0 Å². The maximum absolute atomic E-state index is 13.6. The van der Waals surface area contributed by atoms with Gasteiger partial charge >= 0.3 is 0 Å². The Labute approximate surface area is 117 Å². The molecular weight excluding hydrogens is 259 g/mol. The molecule has 0 heterocycles. The van der Waals surface area contributed by atoms with Crippen molar-refractivity contribution in [2.45, 2.75) is 30.6 Å². The first-order valence-corrected chi connectivity index (χ1v) is 7.21. The van der Waals surface area contributed by atoms with E-state index in [1.54, 1.807) is 25.6 Å². The van der Waals surface area contributed by atoms with Crippen LogP contribution in [0.25, 0.3) is 0 Å². The Kier molecular flexibility index (Phi) is 4.61. The third-order valence-corrected chi connectivity index (χ3v) is 4.12.